The van der Waals surface area contributed by atoms with Crippen molar-refractivity contribution in [3.8, 4) is 0 Å². The number of benzene rings is 1. The van der Waals surface area contributed by atoms with Gasteiger partial charge in [-0.25, -0.2) is 4.98 Å². The number of hydrogen-bond donors (Lipinski definition) is 1. The van der Waals surface area contributed by atoms with Crippen LogP contribution in [0.5, 0.6) is 0 Å². The molecule has 0 saturated heterocycles. The second kappa shape index (κ2) is 7.78. The van der Waals surface area contributed by atoms with Gasteiger partial charge in [0.2, 0.25) is 11.1 Å². The van der Waals surface area contributed by atoms with Gasteiger partial charge in [0.15, 0.2) is 0 Å². The molecule has 0 aliphatic rings. The van der Waals surface area contributed by atoms with Gasteiger partial charge in [-0.05, 0) is 11.6 Å². The Kier molecular flexibility index (Phi) is 6.02. The van der Waals surface area contributed by atoms with E-state index < -0.39 is 0 Å². The molecule has 0 saturated carbocycles. The lowest BCUT2D eigenvalue weighted by Gasteiger charge is -2.17. The highest BCUT2D eigenvalue weighted by Gasteiger charge is 2.13. The Labute approximate surface area is 143 Å². The predicted molar refractivity (Wildman–Crippen MR) is 91.8 cm³/mol. The number of rotatable bonds is 6. The van der Waals surface area contributed by atoms with Crippen molar-refractivity contribution in [2.24, 2.45) is 0 Å². The molecule has 2 rings (SSSR count). The molecule has 0 radical (unpaired) electrons. The quantitative estimate of drug-likeness (QED) is 0.777. The largest absolute Gasteiger partial charge is 0.341 e. The lowest BCUT2D eigenvalue weighted by Crippen LogP contribution is -2.28. The molecule has 118 valence electrons. The molecule has 0 bridgehead atoms. The number of hydrogen-bond acceptors (Lipinski definition) is 4. The van der Waals surface area contributed by atoms with Crippen molar-refractivity contribution < 1.29 is 4.79 Å². The van der Waals surface area contributed by atoms with Crippen molar-refractivity contribution in [2.75, 3.05) is 12.8 Å². The minimum Gasteiger partial charge on any atom is -0.341 e. The normalized spacial score (nSPS) is 11.0. The van der Waals surface area contributed by atoms with Crippen molar-refractivity contribution in [1.29, 1.82) is 0 Å². The molecule has 0 fully saturated rings. The van der Waals surface area contributed by atoms with Gasteiger partial charge in [-0.2, -0.15) is 0 Å². The van der Waals surface area contributed by atoms with Gasteiger partial charge in [0.25, 0.3) is 0 Å². The summed E-state index contributed by atoms with van der Waals surface area (Å²) < 4.78 is 1.01. The zero-order valence-corrected chi connectivity index (χ0v) is 15.2. The van der Waals surface area contributed by atoms with Crippen LogP contribution >= 0.6 is 27.7 Å². The first-order valence-electron chi connectivity index (χ1n) is 7.00. The first kappa shape index (κ1) is 17.0. The molecule has 1 N–H and O–H groups in total. The monoisotopic (exact) mass is 382 g/mol. The molecule has 2 aromatic rings. The SMILES string of the molecule is CC(C)c1nc(SCC(=O)N(C)Cc2ccccc2Br)n[nH]1. The van der Waals surface area contributed by atoms with Gasteiger partial charge in [0.05, 0.1) is 5.75 Å². The van der Waals surface area contributed by atoms with Gasteiger partial charge in [0.1, 0.15) is 5.82 Å². The molecule has 1 aromatic heterocycles. The highest BCUT2D eigenvalue weighted by atomic mass is 79.9. The number of nitrogens with zero attached hydrogens (tertiary/aromatic N) is 3. The number of thioether (sulfide) groups is 1. The van der Waals surface area contributed by atoms with Gasteiger partial charge >= 0.3 is 0 Å². The van der Waals surface area contributed by atoms with E-state index in [2.05, 4.69) is 31.1 Å². The van der Waals surface area contributed by atoms with E-state index in [4.69, 9.17) is 0 Å². The van der Waals surface area contributed by atoms with Crippen LogP contribution in [0.4, 0.5) is 0 Å². The molecule has 0 atom stereocenters. The number of carbonyl (C=O) groups excluding carboxylic acids is 1. The summed E-state index contributed by atoms with van der Waals surface area (Å²) in [4.78, 5) is 18.3. The second-order valence-corrected chi connectivity index (χ2v) is 7.08. The fourth-order valence-corrected chi connectivity index (χ4v) is 2.94. The van der Waals surface area contributed by atoms with Crippen LogP contribution in [-0.4, -0.2) is 38.8 Å². The highest BCUT2D eigenvalue weighted by molar-refractivity contribution is 9.10. The molecule has 22 heavy (non-hydrogen) atoms. The molecule has 7 heteroatoms. The summed E-state index contributed by atoms with van der Waals surface area (Å²) in [7, 11) is 1.81. The van der Waals surface area contributed by atoms with Crippen LogP contribution in [0.15, 0.2) is 33.9 Å². The van der Waals surface area contributed by atoms with Crippen molar-refractivity contribution in [1.82, 2.24) is 20.1 Å². The zero-order chi connectivity index (χ0) is 16.1. The van der Waals surface area contributed by atoms with E-state index in [1.807, 2.05) is 38.1 Å². The number of H-pyrrole nitrogens is 1. The fraction of sp³-hybridized carbons (Fsp3) is 0.400. The van der Waals surface area contributed by atoms with E-state index in [1.165, 1.54) is 11.8 Å². The number of halogens is 1. The van der Waals surface area contributed by atoms with E-state index in [0.717, 1.165) is 15.9 Å². The Hall–Kier alpha value is -1.34. The van der Waals surface area contributed by atoms with E-state index in [1.54, 1.807) is 11.9 Å². The number of nitrogens with one attached hydrogen (secondary N) is 1. The molecule has 0 spiro atoms. The van der Waals surface area contributed by atoms with Crippen LogP contribution in [0, 0.1) is 0 Å². The smallest absolute Gasteiger partial charge is 0.233 e. The maximum absolute atomic E-state index is 12.2. The molecule has 1 aromatic carbocycles. The summed E-state index contributed by atoms with van der Waals surface area (Å²) in [5, 5.41) is 7.62. The average Bonchev–Trinajstić information content (AvgIpc) is 2.96. The zero-order valence-electron chi connectivity index (χ0n) is 12.8. The molecule has 0 unspecified atom stereocenters. The minimum atomic E-state index is 0.0525. The lowest BCUT2D eigenvalue weighted by atomic mass is 10.2. The van der Waals surface area contributed by atoms with Crippen LogP contribution in [0.25, 0.3) is 0 Å². The minimum absolute atomic E-state index is 0.0525. The Morgan fingerprint density at radius 1 is 1.41 bits per heavy atom. The lowest BCUT2D eigenvalue weighted by molar-refractivity contribution is -0.127. The topological polar surface area (TPSA) is 61.9 Å². The van der Waals surface area contributed by atoms with Crippen molar-refractivity contribution in [3.05, 3.63) is 40.1 Å². The summed E-state index contributed by atoms with van der Waals surface area (Å²) in [5.74, 6) is 1.53. The Balaban J connectivity index is 1.87. The first-order valence-corrected chi connectivity index (χ1v) is 8.77. The van der Waals surface area contributed by atoms with Crippen molar-refractivity contribution in [2.45, 2.75) is 31.5 Å². The van der Waals surface area contributed by atoms with Crippen LogP contribution in [-0.2, 0) is 11.3 Å². The molecule has 1 heterocycles. The number of carbonyl (C=O) groups is 1. The van der Waals surface area contributed by atoms with Crippen molar-refractivity contribution in [3.63, 3.8) is 0 Å². The third-order valence-electron chi connectivity index (χ3n) is 3.14. The first-order chi connectivity index (χ1) is 10.5. The molecule has 0 aliphatic heterocycles. The van der Waals surface area contributed by atoms with Gasteiger partial charge in [-0.1, -0.05) is 59.7 Å². The standard InChI is InChI=1S/C15H19BrN4OS/c1-10(2)14-17-15(19-18-14)22-9-13(21)20(3)8-11-6-4-5-7-12(11)16/h4-7,10H,8-9H2,1-3H3,(H,17,18,19). The van der Waals surface area contributed by atoms with E-state index in [-0.39, 0.29) is 5.91 Å². The summed E-state index contributed by atoms with van der Waals surface area (Å²) in [6, 6.07) is 7.91. The summed E-state index contributed by atoms with van der Waals surface area (Å²) in [6.07, 6.45) is 0. The van der Waals surface area contributed by atoms with Crippen molar-refractivity contribution >= 4 is 33.6 Å². The summed E-state index contributed by atoms with van der Waals surface area (Å²) in [5.41, 5.74) is 1.09. The predicted octanol–water partition coefficient (Wildman–Crippen LogP) is 3.44. The molecular weight excluding hydrogens is 364 g/mol. The fourth-order valence-electron chi connectivity index (χ4n) is 1.79. The summed E-state index contributed by atoms with van der Waals surface area (Å²) >= 11 is 4.85. The average molecular weight is 383 g/mol. The maximum atomic E-state index is 12.2. The van der Waals surface area contributed by atoms with E-state index in [9.17, 15) is 4.79 Å². The Morgan fingerprint density at radius 2 is 2.14 bits per heavy atom. The third kappa shape index (κ3) is 4.58. The second-order valence-electron chi connectivity index (χ2n) is 5.29. The van der Waals surface area contributed by atoms with Crippen LogP contribution in [0.2, 0.25) is 0 Å². The van der Waals surface area contributed by atoms with Crippen LogP contribution in [0.1, 0.15) is 31.2 Å². The number of aromatic nitrogens is 3. The Bertz CT molecular complexity index is 644. The van der Waals surface area contributed by atoms with Gasteiger partial charge < -0.3 is 4.90 Å². The van der Waals surface area contributed by atoms with Crippen LogP contribution in [0.3, 0.4) is 0 Å². The van der Waals surface area contributed by atoms with Gasteiger partial charge in [-0.3, -0.25) is 9.89 Å². The van der Waals surface area contributed by atoms with Crippen LogP contribution < -0.4 is 0 Å². The molecule has 5 nitrogen and oxygen atoms in total. The van der Waals surface area contributed by atoms with E-state index in [0.29, 0.717) is 23.4 Å². The molecule has 1 amide bonds. The number of amides is 1. The third-order valence-corrected chi connectivity index (χ3v) is 4.75. The highest BCUT2D eigenvalue weighted by Crippen LogP contribution is 2.19. The van der Waals surface area contributed by atoms with Gasteiger partial charge in [0, 0.05) is 24.0 Å². The summed E-state index contributed by atoms with van der Waals surface area (Å²) in [6.45, 7) is 4.67. The maximum Gasteiger partial charge on any atom is 0.233 e. The molecule has 0 aliphatic carbocycles. The molecular formula is C15H19BrN4OS. The Morgan fingerprint density at radius 3 is 2.77 bits per heavy atom. The number of aromatic amines is 1. The van der Waals surface area contributed by atoms with Gasteiger partial charge in [-0.15, -0.1) is 5.10 Å². The van der Waals surface area contributed by atoms with E-state index >= 15 is 0 Å².